The molecule has 0 aromatic heterocycles. The quantitative estimate of drug-likeness (QED) is 0.332. The number of nitrogens with one attached hydrogen (secondary N) is 1. The van der Waals surface area contributed by atoms with Crippen LogP contribution in [0.4, 0.5) is 4.79 Å². The summed E-state index contributed by atoms with van der Waals surface area (Å²) in [5.41, 5.74) is 0.320. The van der Waals surface area contributed by atoms with Crippen LogP contribution in [0.25, 0.3) is 0 Å². The van der Waals surface area contributed by atoms with E-state index >= 15 is 0 Å². The van der Waals surface area contributed by atoms with E-state index in [-0.39, 0.29) is 19.8 Å². The van der Waals surface area contributed by atoms with Gasteiger partial charge in [0.25, 0.3) is 0 Å². The summed E-state index contributed by atoms with van der Waals surface area (Å²) in [7, 11) is 1.66. The molecule has 0 atom stereocenters. The Hall–Kier alpha value is -1.60. The first-order valence-corrected chi connectivity index (χ1v) is 6.88. The van der Waals surface area contributed by atoms with E-state index in [1.165, 1.54) is 0 Å². The number of hydrogen-bond donors (Lipinski definition) is 1. The molecule has 0 aromatic rings. The Morgan fingerprint density at radius 2 is 1.71 bits per heavy atom. The van der Waals surface area contributed by atoms with Gasteiger partial charge in [0.05, 0.1) is 13.2 Å². The van der Waals surface area contributed by atoms with Gasteiger partial charge in [0.1, 0.15) is 13.2 Å². The highest BCUT2D eigenvalue weighted by Gasteiger charge is 2.04. The van der Waals surface area contributed by atoms with Crippen LogP contribution in [0.15, 0.2) is 12.2 Å². The topological polar surface area (TPSA) is 83.1 Å². The zero-order chi connectivity index (χ0) is 15.9. The van der Waals surface area contributed by atoms with Crippen LogP contribution in [0.3, 0.4) is 0 Å². The Balaban J connectivity index is 3.31. The molecule has 0 rings (SSSR count). The first kappa shape index (κ1) is 19.4. The second-order valence-corrected chi connectivity index (χ2v) is 4.29. The van der Waals surface area contributed by atoms with Crippen molar-refractivity contribution in [2.45, 2.75) is 19.8 Å². The molecule has 0 aromatic carbocycles. The molecule has 0 aliphatic heterocycles. The third kappa shape index (κ3) is 13.1. The first-order chi connectivity index (χ1) is 10.1. The predicted molar refractivity (Wildman–Crippen MR) is 77.1 cm³/mol. The van der Waals surface area contributed by atoms with E-state index in [0.717, 1.165) is 19.4 Å². The third-order valence-corrected chi connectivity index (χ3v) is 2.30. The average Bonchev–Trinajstić information content (AvgIpc) is 2.46. The first-order valence-electron chi connectivity index (χ1n) is 6.88. The van der Waals surface area contributed by atoms with Crippen molar-refractivity contribution in [1.29, 1.82) is 0 Å². The molecule has 0 saturated heterocycles. The average molecular weight is 303 g/mol. The summed E-state index contributed by atoms with van der Waals surface area (Å²) in [6, 6.07) is 0. The Morgan fingerprint density at radius 3 is 2.38 bits per heavy atom. The van der Waals surface area contributed by atoms with Gasteiger partial charge in [-0.25, -0.2) is 9.59 Å². The van der Waals surface area contributed by atoms with Crippen LogP contribution in [-0.2, 0) is 23.7 Å². The molecule has 0 saturated carbocycles. The van der Waals surface area contributed by atoms with Crippen LogP contribution in [0, 0.1) is 0 Å². The van der Waals surface area contributed by atoms with E-state index < -0.39 is 12.1 Å². The second-order valence-electron chi connectivity index (χ2n) is 4.29. The van der Waals surface area contributed by atoms with E-state index in [4.69, 9.17) is 18.9 Å². The molecule has 0 heterocycles. The Morgan fingerprint density at radius 1 is 1.00 bits per heavy atom. The van der Waals surface area contributed by atoms with Gasteiger partial charge in [-0.2, -0.15) is 0 Å². The summed E-state index contributed by atoms with van der Waals surface area (Å²) in [5.74, 6) is -0.480. The van der Waals surface area contributed by atoms with Gasteiger partial charge in [0.2, 0.25) is 0 Å². The van der Waals surface area contributed by atoms with Crippen LogP contribution in [0.5, 0.6) is 0 Å². The number of methoxy groups -OCH3 is 1. The summed E-state index contributed by atoms with van der Waals surface area (Å²) in [6.45, 7) is 7.14. The van der Waals surface area contributed by atoms with E-state index in [2.05, 4.69) is 11.9 Å². The number of alkyl carbamates (subject to hydrolysis) is 1. The molecule has 0 fully saturated rings. The van der Waals surface area contributed by atoms with E-state index in [1.54, 1.807) is 14.0 Å². The molecule has 0 radical (unpaired) electrons. The Kier molecular flexibility index (Phi) is 12.4. The lowest BCUT2D eigenvalue weighted by Gasteiger charge is -2.08. The molecular formula is C14H25NO6. The van der Waals surface area contributed by atoms with Gasteiger partial charge < -0.3 is 24.3 Å². The van der Waals surface area contributed by atoms with Crippen LogP contribution >= 0.6 is 0 Å². The standard InChI is InChI=1S/C14H25NO6/c1-12(2)13(16)20-9-6-15-14(17)21-11-10-19-8-5-4-7-18-3/h1,4-11H2,2-3H3,(H,15,17). The fraction of sp³-hybridized carbons (Fsp3) is 0.714. The van der Waals surface area contributed by atoms with Gasteiger partial charge in [-0.15, -0.1) is 0 Å². The zero-order valence-corrected chi connectivity index (χ0v) is 12.8. The number of carbonyl (C=O) groups is 2. The normalized spacial score (nSPS) is 10.0. The molecule has 7 nitrogen and oxygen atoms in total. The lowest BCUT2D eigenvalue weighted by atomic mass is 10.3. The Bertz CT molecular complexity index is 319. The highest BCUT2D eigenvalue weighted by Crippen LogP contribution is 1.92. The van der Waals surface area contributed by atoms with Crippen molar-refractivity contribution >= 4 is 12.1 Å². The van der Waals surface area contributed by atoms with Gasteiger partial charge in [0, 0.05) is 25.9 Å². The van der Waals surface area contributed by atoms with Gasteiger partial charge in [0.15, 0.2) is 0 Å². The minimum atomic E-state index is -0.565. The third-order valence-electron chi connectivity index (χ3n) is 2.30. The number of hydrogen-bond acceptors (Lipinski definition) is 6. The van der Waals surface area contributed by atoms with Crippen molar-refractivity contribution in [1.82, 2.24) is 5.32 Å². The van der Waals surface area contributed by atoms with Crippen LogP contribution in [0.1, 0.15) is 19.8 Å². The van der Waals surface area contributed by atoms with Crippen molar-refractivity contribution < 1.29 is 28.5 Å². The van der Waals surface area contributed by atoms with Crippen LogP contribution in [0.2, 0.25) is 0 Å². The molecule has 0 aliphatic rings. The van der Waals surface area contributed by atoms with Crippen LogP contribution in [-0.4, -0.2) is 58.8 Å². The molecule has 0 unspecified atom stereocenters. The SMILES string of the molecule is C=C(C)C(=O)OCCNC(=O)OCCOCCCCOC. The Labute approximate surface area is 125 Å². The smallest absolute Gasteiger partial charge is 0.407 e. The lowest BCUT2D eigenvalue weighted by molar-refractivity contribution is -0.138. The second kappa shape index (κ2) is 13.4. The summed E-state index contributed by atoms with van der Waals surface area (Å²) in [4.78, 5) is 22.3. The van der Waals surface area contributed by atoms with Crippen molar-refractivity contribution in [2.75, 3.05) is 46.7 Å². The van der Waals surface area contributed by atoms with Gasteiger partial charge >= 0.3 is 12.1 Å². The maximum Gasteiger partial charge on any atom is 0.407 e. The highest BCUT2D eigenvalue weighted by atomic mass is 16.6. The maximum atomic E-state index is 11.2. The molecule has 0 bridgehead atoms. The molecular weight excluding hydrogens is 278 g/mol. The van der Waals surface area contributed by atoms with E-state index in [1.807, 2.05) is 0 Å². The molecule has 7 heteroatoms. The fourth-order valence-electron chi connectivity index (χ4n) is 1.22. The lowest BCUT2D eigenvalue weighted by Crippen LogP contribution is -2.29. The molecule has 122 valence electrons. The largest absolute Gasteiger partial charge is 0.460 e. The molecule has 0 aliphatic carbocycles. The van der Waals surface area contributed by atoms with Gasteiger partial charge in [-0.3, -0.25) is 0 Å². The van der Waals surface area contributed by atoms with E-state index in [9.17, 15) is 9.59 Å². The number of esters is 1. The number of carbonyl (C=O) groups excluding carboxylic acids is 2. The minimum Gasteiger partial charge on any atom is -0.460 e. The summed E-state index contributed by atoms with van der Waals surface area (Å²) in [5, 5.41) is 2.46. The van der Waals surface area contributed by atoms with Crippen LogP contribution < -0.4 is 5.32 Å². The number of unbranched alkanes of at least 4 members (excludes halogenated alkanes) is 1. The zero-order valence-electron chi connectivity index (χ0n) is 12.8. The molecule has 1 N–H and O–H groups in total. The molecule has 1 amide bonds. The highest BCUT2D eigenvalue weighted by molar-refractivity contribution is 5.86. The molecule has 0 spiro atoms. The van der Waals surface area contributed by atoms with Crippen molar-refractivity contribution in [3.05, 3.63) is 12.2 Å². The fourth-order valence-corrected chi connectivity index (χ4v) is 1.22. The number of rotatable bonds is 12. The maximum absolute atomic E-state index is 11.2. The number of ether oxygens (including phenoxy) is 4. The minimum absolute atomic E-state index is 0.0802. The summed E-state index contributed by atoms with van der Waals surface area (Å²) < 4.78 is 19.8. The monoisotopic (exact) mass is 303 g/mol. The molecule has 21 heavy (non-hydrogen) atoms. The number of amides is 1. The predicted octanol–water partition coefficient (Wildman–Crippen LogP) is 1.28. The van der Waals surface area contributed by atoms with E-state index in [0.29, 0.717) is 18.8 Å². The van der Waals surface area contributed by atoms with Gasteiger partial charge in [-0.05, 0) is 19.8 Å². The van der Waals surface area contributed by atoms with Crippen molar-refractivity contribution in [3.63, 3.8) is 0 Å². The summed E-state index contributed by atoms with van der Waals surface area (Å²) in [6.07, 6.45) is 1.29. The summed E-state index contributed by atoms with van der Waals surface area (Å²) >= 11 is 0. The van der Waals surface area contributed by atoms with Crippen molar-refractivity contribution in [2.24, 2.45) is 0 Å². The van der Waals surface area contributed by atoms with Gasteiger partial charge in [-0.1, -0.05) is 6.58 Å². The van der Waals surface area contributed by atoms with Crippen molar-refractivity contribution in [3.8, 4) is 0 Å².